The summed E-state index contributed by atoms with van der Waals surface area (Å²) < 4.78 is 0. The van der Waals surface area contributed by atoms with Crippen molar-refractivity contribution in [1.82, 2.24) is 9.80 Å². The molecule has 0 spiro atoms. The van der Waals surface area contributed by atoms with Gasteiger partial charge in [-0.05, 0) is 20.8 Å². The van der Waals surface area contributed by atoms with Gasteiger partial charge >= 0.3 is 0 Å². The number of hydrazone groups is 1. The quantitative estimate of drug-likeness (QED) is 0.241. The van der Waals surface area contributed by atoms with Crippen LogP contribution in [0, 0.1) is 0 Å². The van der Waals surface area contributed by atoms with Gasteiger partial charge in [0.2, 0.25) is 5.96 Å². The third kappa shape index (κ3) is 2.51. The second-order valence-corrected chi connectivity index (χ2v) is 4.63. The number of guanidine groups is 1. The molecule has 1 aliphatic rings. The first-order valence-corrected chi connectivity index (χ1v) is 4.98. The van der Waals surface area contributed by atoms with Crippen LogP contribution in [0.4, 0.5) is 0 Å². The average Bonchev–Trinajstić information content (AvgIpc) is 2.15. The van der Waals surface area contributed by atoms with E-state index in [1.165, 1.54) is 0 Å². The van der Waals surface area contributed by atoms with Crippen LogP contribution in [0.3, 0.4) is 0 Å². The van der Waals surface area contributed by atoms with Crippen LogP contribution >= 0.6 is 0 Å². The molecule has 4 N–H and O–H groups in total. The Labute approximate surface area is 85.7 Å². The van der Waals surface area contributed by atoms with Gasteiger partial charge in [0.1, 0.15) is 0 Å². The molecule has 0 saturated carbocycles. The molecular weight excluding hydrogens is 178 g/mol. The Bertz CT molecular complexity index is 210. The first-order valence-electron chi connectivity index (χ1n) is 4.98. The normalized spacial score (nSPS) is 21.4. The maximum absolute atomic E-state index is 5.63. The largest absolute Gasteiger partial charge is 0.368 e. The highest BCUT2D eigenvalue weighted by Gasteiger charge is 2.26. The minimum absolute atomic E-state index is 0.237. The lowest BCUT2D eigenvalue weighted by Crippen LogP contribution is -2.56. The van der Waals surface area contributed by atoms with Gasteiger partial charge in [-0.2, -0.15) is 0 Å². The molecule has 0 amide bonds. The number of hydrogen-bond donors (Lipinski definition) is 2. The van der Waals surface area contributed by atoms with Crippen molar-refractivity contribution >= 4 is 5.96 Å². The SMILES string of the molecule is CC(C)(C)N1CCN(C(N)=NN)CC1. The van der Waals surface area contributed by atoms with Crippen LogP contribution < -0.4 is 11.6 Å². The fourth-order valence-electron chi connectivity index (χ4n) is 1.69. The van der Waals surface area contributed by atoms with Crippen LogP contribution in [0.2, 0.25) is 0 Å². The smallest absolute Gasteiger partial charge is 0.213 e. The molecular formula is C9H21N5. The molecule has 14 heavy (non-hydrogen) atoms. The standard InChI is InChI=1S/C9H21N5/c1-9(2,3)14-6-4-13(5-7-14)8(10)12-11/h4-7,11H2,1-3H3,(H2,10,12). The van der Waals surface area contributed by atoms with Crippen LogP contribution in [-0.4, -0.2) is 47.5 Å². The van der Waals surface area contributed by atoms with Gasteiger partial charge in [-0.3, -0.25) is 4.90 Å². The van der Waals surface area contributed by atoms with Crippen molar-refractivity contribution < 1.29 is 0 Å². The van der Waals surface area contributed by atoms with E-state index in [4.69, 9.17) is 11.6 Å². The van der Waals surface area contributed by atoms with E-state index in [9.17, 15) is 0 Å². The topological polar surface area (TPSA) is 70.9 Å². The summed E-state index contributed by atoms with van der Waals surface area (Å²) in [5.41, 5.74) is 5.87. The fourth-order valence-corrected chi connectivity index (χ4v) is 1.69. The van der Waals surface area contributed by atoms with E-state index in [-0.39, 0.29) is 5.54 Å². The summed E-state index contributed by atoms with van der Waals surface area (Å²) in [4.78, 5) is 4.45. The predicted octanol–water partition coefficient (Wildman–Crippen LogP) is -0.409. The summed E-state index contributed by atoms with van der Waals surface area (Å²) in [5, 5.41) is 3.50. The molecule has 0 atom stereocenters. The van der Waals surface area contributed by atoms with Crippen LogP contribution in [0.25, 0.3) is 0 Å². The number of nitrogens with zero attached hydrogens (tertiary/aromatic N) is 3. The molecule has 0 bridgehead atoms. The van der Waals surface area contributed by atoms with Crippen molar-refractivity contribution in [3.05, 3.63) is 0 Å². The van der Waals surface area contributed by atoms with Crippen LogP contribution in [0.1, 0.15) is 20.8 Å². The number of rotatable bonds is 0. The molecule has 0 unspecified atom stereocenters. The van der Waals surface area contributed by atoms with Crippen LogP contribution in [0.5, 0.6) is 0 Å². The molecule has 1 heterocycles. The van der Waals surface area contributed by atoms with Gasteiger partial charge in [0.05, 0.1) is 0 Å². The van der Waals surface area contributed by atoms with Crippen molar-refractivity contribution in [3.8, 4) is 0 Å². The number of hydrogen-bond acceptors (Lipinski definition) is 3. The fraction of sp³-hybridized carbons (Fsp3) is 0.889. The molecule has 1 rings (SSSR count). The lowest BCUT2D eigenvalue weighted by atomic mass is 10.1. The van der Waals surface area contributed by atoms with Gasteiger partial charge in [0.15, 0.2) is 0 Å². The maximum Gasteiger partial charge on any atom is 0.213 e. The van der Waals surface area contributed by atoms with E-state index in [0.717, 1.165) is 26.2 Å². The average molecular weight is 199 g/mol. The van der Waals surface area contributed by atoms with E-state index >= 15 is 0 Å². The van der Waals surface area contributed by atoms with Crippen molar-refractivity contribution in [2.24, 2.45) is 16.7 Å². The monoisotopic (exact) mass is 199 g/mol. The summed E-state index contributed by atoms with van der Waals surface area (Å²) >= 11 is 0. The Hall–Kier alpha value is -0.970. The Morgan fingerprint density at radius 3 is 2.00 bits per heavy atom. The molecule has 1 aliphatic heterocycles. The molecule has 0 aromatic rings. The highest BCUT2D eigenvalue weighted by molar-refractivity contribution is 5.77. The zero-order valence-electron chi connectivity index (χ0n) is 9.32. The third-order valence-corrected chi connectivity index (χ3v) is 2.68. The second kappa shape index (κ2) is 4.04. The van der Waals surface area contributed by atoms with Gasteiger partial charge in [-0.1, -0.05) is 0 Å². The molecule has 0 aliphatic carbocycles. The van der Waals surface area contributed by atoms with Gasteiger partial charge in [0, 0.05) is 31.7 Å². The third-order valence-electron chi connectivity index (χ3n) is 2.68. The molecule has 1 fully saturated rings. The molecule has 1 saturated heterocycles. The van der Waals surface area contributed by atoms with Crippen LogP contribution in [0.15, 0.2) is 5.10 Å². The second-order valence-electron chi connectivity index (χ2n) is 4.63. The molecule has 0 radical (unpaired) electrons. The Morgan fingerprint density at radius 2 is 1.64 bits per heavy atom. The van der Waals surface area contributed by atoms with E-state index in [1.807, 2.05) is 4.90 Å². The van der Waals surface area contributed by atoms with Crippen molar-refractivity contribution in [2.45, 2.75) is 26.3 Å². The summed E-state index contributed by atoms with van der Waals surface area (Å²) in [5.74, 6) is 5.57. The predicted molar refractivity (Wildman–Crippen MR) is 58.7 cm³/mol. The lowest BCUT2D eigenvalue weighted by molar-refractivity contribution is 0.0878. The van der Waals surface area contributed by atoms with Gasteiger partial charge in [-0.25, -0.2) is 0 Å². The zero-order chi connectivity index (χ0) is 10.8. The van der Waals surface area contributed by atoms with Gasteiger partial charge in [-0.15, -0.1) is 5.10 Å². The van der Waals surface area contributed by atoms with E-state index < -0.39 is 0 Å². The van der Waals surface area contributed by atoms with Crippen molar-refractivity contribution in [2.75, 3.05) is 26.2 Å². The number of nitrogens with two attached hydrogens (primary N) is 2. The Kier molecular flexibility index (Phi) is 3.21. The summed E-state index contributed by atoms with van der Waals surface area (Å²) in [6.07, 6.45) is 0. The molecule has 0 aromatic carbocycles. The van der Waals surface area contributed by atoms with Crippen molar-refractivity contribution in [1.29, 1.82) is 0 Å². The number of piperazine rings is 1. The highest BCUT2D eigenvalue weighted by Crippen LogP contribution is 2.15. The minimum atomic E-state index is 0.237. The first-order chi connectivity index (χ1) is 6.45. The molecule has 82 valence electrons. The summed E-state index contributed by atoms with van der Waals surface area (Å²) in [6.45, 7) is 10.5. The maximum atomic E-state index is 5.63. The van der Waals surface area contributed by atoms with Gasteiger partial charge in [0.25, 0.3) is 0 Å². The molecule has 5 heteroatoms. The zero-order valence-corrected chi connectivity index (χ0v) is 9.32. The van der Waals surface area contributed by atoms with E-state index in [2.05, 4.69) is 30.8 Å². The Balaban J connectivity index is 2.47. The molecule has 5 nitrogen and oxygen atoms in total. The molecule has 0 aromatic heterocycles. The summed E-state index contributed by atoms with van der Waals surface area (Å²) in [6, 6.07) is 0. The van der Waals surface area contributed by atoms with Crippen molar-refractivity contribution in [3.63, 3.8) is 0 Å². The Morgan fingerprint density at radius 1 is 1.14 bits per heavy atom. The highest BCUT2D eigenvalue weighted by atomic mass is 15.4. The minimum Gasteiger partial charge on any atom is -0.368 e. The van der Waals surface area contributed by atoms with Gasteiger partial charge < -0.3 is 16.5 Å². The lowest BCUT2D eigenvalue weighted by Gasteiger charge is -2.42. The van der Waals surface area contributed by atoms with E-state index in [1.54, 1.807) is 0 Å². The van der Waals surface area contributed by atoms with E-state index in [0.29, 0.717) is 5.96 Å². The summed E-state index contributed by atoms with van der Waals surface area (Å²) in [7, 11) is 0. The van der Waals surface area contributed by atoms with Crippen LogP contribution in [-0.2, 0) is 0 Å². The first kappa shape index (κ1) is 11.1.